The van der Waals surface area contributed by atoms with Crippen LogP contribution in [0, 0.1) is 11.6 Å². The molecule has 2 aromatic carbocycles. The molecule has 3 N–H and O–H groups in total. The predicted octanol–water partition coefficient (Wildman–Crippen LogP) is 1.89. The van der Waals surface area contributed by atoms with E-state index in [1.54, 1.807) is 35.2 Å². The second-order valence-corrected chi connectivity index (χ2v) is 11.2. The van der Waals surface area contributed by atoms with Gasteiger partial charge in [0.15, 0.2) is 17.0 Å². The maximum Gasteiger partial charge on any atom is 0.332 e. The summed E-state index contributed by atoms with van der Waals surface area (Å²) in [6, 6.07) is 11.4. The van der Waals surface area contributed by atoms with E-state index < -0.39 is 52.7 Å². The number of carboxylic acids is 1. The van der Waals surface area contributed by atoms with Crippen LogP contribution in [-0.4, -0.2) is 76.2 Å². The Morgan fingerprint density at radius 2 is 1.89 bits per heavy atom. The van der Waals surface area contributed by atoms with Crippen molar-refractivity contribution >= 4 is 17.8 Å². The van der Waals surface area contributed by atoms with Gasteiger partial charge >= 0.3 is 5.97 Å². The Morgan fingerprint density at radius 1 is 1.11 bits per heavy atom. The van der Waals surface area contributed by atoms with Gasteiger partial charge in [-0.05, 0) is 31.5 Å². The number of amides is 2. The van der Waals surface area contributed by atoms with E-state index in [0.29, 0.717) is 18.2 Å². The van der Waals surface area contributed by atoms with Gasteiger partial charge in [-0.2, -0.15) is 0 Å². The highest BCUT2D eigenvalue weighted by Crippen LogP contribution is 2.36. The Hall–Kier alpha value is -4.62. The van der Waals surface area contributed by atoms with E-state index in [2.05, 4.69) is 15.5 Å². The zero-order valence-electron chi connectivity index (χ0n) is 23.9. The van der Waals surface area contributed by atoms with Gasteiger partial charge in [0.25, 0.3) is 11.8 Å². The van der Waals surface area contributed by atoms with E-state index in [0.717, 1.165) is 25.5 Å². The number of aliphatic carboxylic acids is 1. The minimum atomic E-state index is -1.79. The molecule has 0 spiro atoms. The first kappa shape index (κ1) is 29.5. The van der Waals surface area contributed by atoms with Gasteiger partial charge in [-0.15, -0.1) is 0 Å². The van der Waals surface area contributed by atoms with Gasteiger partial charge in [0.2, 0.25) is 5.43 Å². The molecule has 6 rings (SSSR count). The van der Waals surface area contributed by atoms with Gasteiger partial charge in [-0.25, -0.2) is 13.6 Å². The Balaban J connectivity index is 1.39. The number of carboxylic acid groups (broad SMARTS) is 1. The molecular weight excluding hydrogens is 576 g/mol. The summed E-state index contributed by atoms with van der Waals surface area (Å²) in [5.41, 5.74) is -2.78. The summed E-state index contributed by atoms with van der Waals surface area (Å²) in [6.07, 6.45) is 2.95. The van der Waals surface area contributed by atoms with Crippen LogP contribution < -0.4 is 20.8 Å². The predicted molar refractivity (Wildman–Crippen MR) is 153 cm³/mol. The first-order valence-corrected chi connectivity index (χ1v) is 14.3. The molecule has 230 valence electrons. The second kappa shape index (κ2) is 11.5. The zero-order valence-corrected chi connectivity index (χ0v) is 23.9. The summed E-state index contributed by atoms with van der Waals surface area (Å²) in [4.78, 5) is 57.7. The van der Waals surface area contributed by atoms with Crippen molar-refractivity contribution in [2.45, 2.75) is 43.7 Å². The molecule has 2 amide bonds. The molecule has 0 radical (unpaired) electrons. The summed E-state index contributed by atoms with van der Waals surface area (Å²) in [5, 5.41) is 15.5. The fourth-order valence-corrected chi connectivity index (χ4v) is 6.44. The molecule has 2 fully saturated rings. The molecule has 0 saturated carbocycles. The number of hydrogen-bond acceptors (Lipinski definition) is 7. The number of ether oxygens (including phenoxy) is 1. The molecule has 3 aliphatic rings. The molecule has 13 heteroatoms. The molecule has 44 heavy (non-hydrogen) atoms. The minimum absolute atomic E-state index is 0.00857. The van der Waals surface area contributed by atoms with E-state index in [-0.39, 0.29) is 42.1 Å². The van der Waals surface area contributed by atoms with Gasteiger partial charge < -0.3 is 24.6 Å². The van der Waals surface area contributed by atoms with E-state index in [1.165, 1.54) is 23.9 Å². The minimum Gasteiger partial charge on any atom is -0.484 e. The van der Waals surface area contributed by atoms with E-state index in [9.17, 15) is 33.1 Å². The number of pyridine rings is 1. The smallest absolute Gasteiger partial charge is 0.332 e. The number of nitrogens with zero attached hydrogens (tertiary/aromatic N) is 3. The van der Waals surface area contributed by atoms with E-state index in [1.807, 2.05) is 0 Å². The molecule has 3 aromatic rings. The molecule has 0 unspecified atom stereocenters. The first-order valence-electron chi connectivity index (χ1n) is 14.3. The SMILES string of the molecule is CN[C@@](COc1c2n(cc(C(=O)NCc3ccc(F)cc3F)c1=O)C[C@@H]1N(C[C@H]3CCCN31)C2=O)(C(=O)O)c1ccccc1. The van der Waals surface area contributed by atoms with Crippen molar-refractivity contribution in [3.05, 3.63) is 99.0 Å². The quantitative estimate of drug-likeness (QED) is 0.336. The van der Waals surface area contributed by atoms with Gasteiger partial charge in [-0.3, -0.25) is 24.6 Å². The highest BCUT2D eigenvalue weighted by molar-refractivity contribution is 5.99. The van der Waals surface area contributed by atoms with E-state index in [4.69, 9.17) is 4.74 Å². The largest absolute Gasteiger partial charge is 0.484 e. The maximum atomic E-state index is 14.2. The Morgan fingerprint density at radius 3 is 2.59 bits per heavy atom. The number of rotatable bonds is 9. The van der Waals surface area contributed by atoms with Crippen LogP contribution in [0.1, 0.15) is 44.8 Å². The number of likely N-dealkylation sites (N-methyl/N-ethyl adjacent to an activating group) is 1. The van der Waals surface area contributed by atoms with Gasteiger partial charge in [0.1, 0.15) is 30.0 Å². The number of carbonyl (C=O) groups excluding carboxylic acids is 2. The standard InChI is InChI=1S/C31H31F2N5O6/c1-34-31(30(42)43,19-6-3-2-4-7-19)17-44-27-25-29(41)38-14-21-8-5-11-37(21)24(38)16-36(25)15-22(26(27)39)28(40)35-13-18-9-10-20(32)12-23(18)33/h2-4,6-7,9-10,12,15,21,24,34H,5,8,11,13-14,16-17H2,1H3,(H,35,40)(H,42,43)/t21-,24+,31-/m1/s1. The summed E-state index contributed by atoms with van der Waals surface area (Å²) in [7, 11) is 1.44. The summed E-state index contributed by atoms with van der Waals surface area (Å²) in [6.45, 7) is 0.651. The third-order valence-corrected chi connectivity index (χ3v) is 8.82. The van der Waals surface area contributed by atoms with E-state index >= 15 is 0 Å². The van der Waals surface area contributed by atoms with Crippen molar-refractivity contribution in [1.82, 2.24) is 25.0 Å². The molecule has 0 bridgehead atoms. The van der Waals surface area contributed by atoms with Crippen LogP contribution in [0.5, 0.6) is 5.75 Å². The average molecular weight is 608 g/mol. The number of benzene rings is 2. The summed E-state index contributed by atoms with van der Waals surface area (Å²) in [5.74, 6) is -4.66. The van der Waals surface area contributed by atoms with Crippen LogP contribution in [-0.2, 0) is 23.4 Å². The zero-order chi connectivity index (χ0) is 31.2. The normalized spacial score (nSPS) is 20.4. The third-order valence-electron chi connectivity index (χ3n) is 8.82. The number of nitrogens with one attached hydrogen (secondary N) is 2. The van der Waals surface area contributed by atoms with Crippen LogP contribution >= 0.6 is 0 Å². The molecular formula is C31H31F2N5O6. The van der Waals surface area contributed by atoms with Crippen LogP contribution in [0.25, 0.3) is 0 Å². The van der Waals surface area contributed by atoms with Crippen LogP contribution in [0.3, 0.4) is 0 Å². The lowest BCUT2D eigenvalue weighted by atomic mass is 9.91. The van der Waals surface area contributed by atoms with Crippen molar-refractivity contribution in [2.24, 2.45) is 0 Å². The molecule has 11 nitrogen and oxygen atoms in total. The summed E-state index contributed by atoms with van der Waals surface area (Å²) < 4.78 is 35.1. The lowest BCUT2D eigenvalue weighted by molar-refractivity contribution is -0.146. The van der Waals surface area contributed by atoms with Crippen LogP contribution in [0.15, 0.2) is 59.5 Å². The monoisotopic (exact) mass is 607 g/mol. The van der Waals surface area contributed by atoms with Crippen LogP contribution in [0.2, 0.25) is 0 Å². The van der Waals surface area contributed by atoms with Gasteiger partial charge in [-0.1, -0.05) is 36.4 Å². The fraction of sp³-hybridized carbons (Fsp3) is 0.355. The van der Waals surface area contributed by atoms with Crippen molar-refractivity contribution in [1.29, 1.82) is 0 Å². The van der Waals surface area contributed by atoms with Crippen molar-refractivity contribution in [2.75, 3.05) is 26.7 Å². The topological polar surface area (TPSA) is 133 Å². The number of fused-ring (bicyclic) bond motifs is 4. The number of halogens is 2. The van der Waals surface area contributed by atoms with Crippen molar-refractivity contribution in [3.63, 3.8) is 0 Å². The Labute approximate surface area is 251 Å². The first-order chi connectivity index (χ1) is 21.1. The Bertz CT molecular complexity index is 1700. The molecule has 4 heterocycles. The number of aromatic nitrogens is 1. The fourth-order valence-electron chi connectivity index (χ4n) is 6.44. The molecule has 2 saturated heterocycles. The highest BCUT2D eigenvalue weighted by Gasteiger charge is 2.49. The van der Waals surface area contributed by atoms with Gasteiger partial charge in [0.05, 0.1) is 6.54 Å². The maximum absolute atomic E-state index is 14.2. The second-order valence-electron chi connectivity index (χ2n) is 11.2. The molecule has 3 atom stereocenters. The lowest BCUT2D eigenvalue weighted by Crippen LogP contribution is -2.53. The summed E-state index contributed by atoms with van der Waals surface area (Å²) >= 11 is 0. The number of hydrogen-bond donors (Lipinski definition) is 3. The third kappa shape index (κ3) is 4.91. The van der Waals surface area contributed by atoms with Gasteiger partial charge in [0, 0.05) is 43.5 Å². The number of carbonyl (C=O) groups is 3. The van der Waals surface area contributed by atoms with Crippen molar-refractivity contribution in [3.8, 4) is 5.75 Å². The molecule has 0 aliphatic carbocycles. The average Bonchev–Trinajstić information content (AvgIpc) is 3.61. The van der Waals surface area contributed by atoms with Crippen LogP contribution in [0.4, 0.5) is 8.78 Å². The highest BCUT2D eigenvalue weighted by atomic mass is 19.1. The molecule has 1 aromatic heterocycles. The Kier molecular flexibility index (Phi) is 7.68. The van der Waals surface area contributed by atoms with Crippen molar-refractivity contribution < 1.29 is 33.0 Å². The molecule has 3 aliphatic heterocycles. The lowest BCUT2D eigenvalue weighted by Gasteiger charge is -2.36.